The van der Waals surface area contributed by atoms with Crippen LogP contribution in [0.5, 0.6) is 0 Å². The van der Waals surface area contributed by atoms with Gasteiger partial charge >= 0.3 is 0 Å². The van der Waals surface area contributed by atoms with Crippen molar-refractivity contribution in [3.8, 4) is 6.07 Å². The van der Waals surface area contributed by atoms with E-state index in [1.54, 1.807) is 0 Å². The lowest BCUT2D eigenvalue weighted by atomic mass is 10.3. The molecule has 0 aliphatic heterocycles. The predicted octanol–water partition coefficient (Wildman–Crippen LogP) is 0.184. The summed E-state index contributed by atoms with van der Waals surface area (Å²) in [5.41, 5.74) is 5.49. The topological polar surface area (TPSA) is 61.8 Å². The summed E-state index contributed by atoms with van der Waals surface area (Å²) in [7, 11) is 0. The van der Waals surface area contributed by atoms with Crippen LogP contribution in [0.1, 0.15) is 19.8 Å². The van der Waals surface area contributed by atoms with Gasteiger partial charge in [0.1, 0.15) is 0 Å². The Morgan fingerprint density at radius 1 is 1.78 bits per heavy atom. The molecule has 0 saturated carbocycles. The molecule has 0 spiro atoms. The minimum absolute atomic E-state index is 0.0540. The molecule has 0 radical (unpaired) electrons. The quantitative estimate of drug-likeness (QED) is 0.418. The molecule has 0 aromatic rings. The van der Waals surface area contributed by atoms with E-state index in [0.29, 0.717) is 13.0 Å². The molecule has 0 aliphatic carbocycles. The summed E-state index contributed by atoms with van der Waals surface area (Å²) in [6, 6.07) is 2.03. The summed E-state index contributed by atoms with van der Waals surface area (Å²) in [6.07, 6.45) is 1.50. The van der Waals surface area contributed by atoms with Crippen molar-refractivity contribution in [3.63, 3.8) is 0 Å². The number of hydrogen-bond donors (Lipinski definition) is 2. The van der Waals surface area contributed by atoms with Gasteiger partial charge < -0.3 is 11.1 Å². The van der Waals surface area contributed by atoms with E-state index in [0.717, 1.165) is 6.42 Å². The molecule has 3 nitrogen and oxygen atoms in total. The molecule has 0 bridgehead atoms. The Labute approximate surface area is 55.8 Å². The largest absolute Gasteiger partial charge is 0.316 e. The van der Waals surface area contributed by atoms with Crippen molar-refractivity contribution in [2.75, 3.05) is 6.54 Å². The average molecular weight is 127 g/mol. The normalized spacial score (nSPS) is 12.6. The minimum atomic E-state index is 0.0540. The second kappa shape index (κ2) is 5.54. The lowest BCUT2D eigenvalue weighted by Crippen LogP contribution is -2.36. The van der Waals surface area contributed by atoms with Gasteiger partial charge in [-0.25, -0.2) is 0 Å². The molecule has 0 saturated heterocycles. The summed E-state index contributed by atoms with van der Waals surface area (Å²) >= 11 is 0. The lowest BCUT2D eigenvalue weighted by Gasteiger charge is -2.07. The molecule has 1 atom stereocenters. The van der Waals surface area contributed by atoms with Crippen molar-refractivity contribution < 1.29 is 0 Å². The van der Waals surface area contributed by atoms with Crippen molar-refractivity contribution in [1.82, 2.24) is 5.32 Å². The first-order valence-electron chi connectivity index (χ1n) is 3.17. The molecule has 0 rings (SSSR count). The lowest BCUT2D eigenvalue weighted by molar-refractivity contribution is 0.521. The van der Waals surface area contributed by atoms with Gasteiger partial charge in [-0.2, -0.15) is 5.26 Å². The molecule has 0 heterocycles. The van der Waals surface area contributed by atoms with Crippen LogP contribution in [0.25, 0.3) is 0 Å². The van der Waals surface area contributed by atoms with Crippen LogP contribution in [-0.4, -0.2) is 12.7 Å². The Bertz CT molecular complexity index is 95.0. The molecular formula is C6H13N3. The van der Waals surface area contributed by atoms with Crippen LogP contribution in [0, 0.1) is 11.3 Å². The molecular weight excluding hydrogens is 114 g/mol. The highest BCUT2D eigenvalue weighted by Gasteiger charge is 1.93. The van der Waals surface area contributed by atoms with Crippen molar-refractivity contribution in [3.05, 3.63) is 0 Å². The van der Waals surface area contributed by atoms with Crippen LogP contribution in [0.15, 0.2) is 0 Å². The van der Waals surface area contributed by atoms with Crippen LogP contribution < -0.4 is 11.1 Å². The number of hydrogen-bond acceptors (Lipinski definition) is 3. The van der Waals surface area contributed by atoms with Crippen LogP contribution in [-0.2, 0) is 0 Å². The molecule has 0 amide bonds. The number of nitrogens with one attached hydrogen (secondary N) is 1. The van der Waals surface area contributed by atoms with Crippen molar-refractivity contribution in [2.45, 2.75) is 25.9 Å². The van der Waals surface area contributed by atoms with E-state index in [9.17, 15) is 0 Å². The summed E-state index contributed by atoms with van der Waals surface area (Å²) in [5, 5.41) is 11.1. The first kappa shape index (κ1) is 8.41. The number of nitrogens with zero attached hydrogens (tertiary/aromatic N) is 1. The van der Waals surface area contributed by atoms with Gasteiger partial charge in [-0.1, -0.05) is 6.92 Å². The zero-order valence-electron chi connectivity index (χ0n) is 5.72. The predicted molar refractivity (Wildman–Crippen MR) is 36.5 cm³/mol. The van der Waals surface area contributed by atoms with Crippen molar-refractivity contribution in [2.24, 2.45) is 5.73 Å². The minimum Gasteiger partial charge on any atom is -0.316 e. The van der Waals surface area contributed by atoms with Gasteiger partial charge in [-0.05, 0) is 6.42 Å². The second-order valence-corrected chi connectivity index (χ2v) is 1.88. The Balaban J connectivity index is 2.99. The van der Waals surface area contributed by atoms with Crippen LogP contribution >= 0.6 is 0 Å². The molecule has 1 unspecified atom stereocenters. The van der Waals surface area contributed by atoms with Crippen LogP contribution in [0.3, 0.4) is 0 Å². The average Bonchev–Trinajstić information content (AvgIpc) is 1.89. The Kier molecular flexibility index (Phi) is 5.18. The first-order chi connectivity index (χ1) is 4.31. The Morgan fingerprint density at radius 3 is 2.89 bits per heavy atom. The highest BCUT2D eigenvalue weighted by Crippen LogP contribution is 1.79. The molecule has 9 heavy (non-hydrogen) atoms. The van der Waals surface area contributed by atoms with Gasteiger partial charge in [0.15, 0.2) is 0 Å². The van der Waals surface area contributed by atoms with E-state index in [-0.39, 0.29) is 6.17 Å². The van der Waals surface area contributed by atoms with Crippen molar-refractivity contribution in [1.29, 1.82) is 5.26 Å². The van der Waals surface area contributed by atoms with E-state index in [4.69, 9.17) is 11.0 Å². The van der Waals surface area contributed by atoms with E-state index >= 15 is 0 Å². The zero-order valence-corrected chi connectivity index (χ0v) is 5.72. The highest BCUT2D eigenvalue weighted by molar-refractivity contribution is 4.71. The summed E-state index contributed by atoms with van der Waals surface area (Å²) < 4.78 is 0. The van der Waals surface area contributed by atoms with Gasteiger partial charge in [0.05, 0.1) is 12.2 Å². The van der Waals surface area contributed by atoms with Gasteiger partial charge in [0.2, 0.25) is 0 Å². The maximum atomic E-state index is 8.12. The number of nitrogens with two attached hydrogens (primary N) is 1. The molecule has 3 N–H and O–H groups in total. The fourth-order valence-corrected chi connectivity index (χ4v) is 0.458. The third-order valence-electron chi connectivity index (χ3n) is 1.08. The molecule has 0 aromatic carbocycles. The Hall–Kier alpha value is -0.590. The highest BCUT2D eigenvalue weighted by atomic mass is 15.0. The van der Waals surface area contributed by atoms with E-state index < -0.39 is 0 Å². The van der Waals surface area contributed by atoms with E-state index in [1.165, 1.54) is 0 Å². The smallest absolute Gasteiger partial charge is 0.0635 e. The van der Waals surface area contributed by atoms with E-state index in [2.05, 4.69) is 5.32 Å². The fraction of sp³-hybridized carbons (Fsp3) is 0.833. The molecule has 52 valence electrons. The Morgan fingerprint density at radius 2 is 2.44 bits per heavy atom. The zero-order chi connectivity index (χ0) is 7.11. The first-order valence-corrected chi connectivity index (χ1v) is 3.17. The third kappa shape index (κ3) is 5.28. The summed E-state index contributed by atoms with van der Waals surface area (Å²) in [4.78, 5) is 0. The maximum Gasteiger partial charge on any atom is 0.0635 e. The molecule has 0 aromatic heterocycles. The third-order valence-corrected chi connectivity index (χ3v) is 1.08. The summed E-state index contributed by atoms with van der Waals surface area (Å²) in [6.45, 7) is 2.70. The molecule has 0 fully saturated rings. The number of rotatable bonds is 4. The SMILES string of the molecule is CCC(N)NCCC#N. The summed E-state index contributed by atoms with van der Waals surface area (Å²) in [5.74, 6) is 0. The van der Waals surface area contributed by atoms with Gasteiger partial charge in [0, 0.05) is 13.0 Å². The molecule has 0 aliphatic rings. The van der Waals surface area contributed by atoms with E-state index in [1.807, 2.05) is 13.0 Å². The number of nitriles is 1. The second-order valence-electron chi connectivity index (χ2n) is 1.88. The monoisotopic (exact) mass is 127 g/mol. The maximum absolute atomic E-state index is 8.12. The van der Waals surface area contributed by atoms with Gasteiger partial charge in [0.25, 0.3) is 0 Å². The van der Waals surface area contributed by atoms with Crippen LogP contribution in [0.4, 0.5) is 0 Å². The van der Waals surface area contributed by atoms with Crippen LogP contribution in [0.2, 0.25) is 0 Å². The standard InChI is InChI=1S/C6H13N3/c1-2-6(8)9-5-3-4-7/h6,9H,2-3,5,8H2,1H3. The van der Waals surface area contributed by atoms with Crippen molar-refractivity contribution >= 4 is 0 Å². The van der Waals surface area contributed by atoms with Gasteiger partial charge in [-0.15, -0.1) is 0 Å². The van der Waals surface area contributed by atoms with Gasteiger partial charge in [-0.3, -0.25) is 0 Å². The fourth-order valence-electron chi connectivity index (χ4n) is 0.458. The molecule has 3 heteroatoms.